The van der Waals surface area contributed by atoms with Gasteiger partial charge in [-0.1, -0.05) is 17.7 Å². The van der Waals surface area contributed by atoms with E-state index in [4.69, 9.17) is 11.6 Å². The molecule has 178 valence electrons. The zero-order chi connectivity index (χ0) is 23.7. The second-order valence-corrected chi connectivity index (χ2v) is 7.95. The number of ether oxygens (including phenoxy) is 1. The number of hydrogen-bond donors (Lipinski definition) is 1. The van der Waals surface area contributed by atoms with Crippen LogP contribution >= 0.6 is 11.6 Å². The Labute approximate surface area is 184 Å². The van der Waals surface area contributed by atoms with Crippen LogP contribution in [0.3, 0.4) is 0 Å². The summed E-state index contributed by atoms with van der Waals surface area (Å²) in [5, 5.41) is 2.96. The zero-order valence-corrected chi connectivity index (χ0v) is 17.4. The molecule has 3 rings (SSSR count). The number of benzene rings is 1. The molecule has 0 bridgehead atoms. The first-order chi connectivity index (χ1) is 14.9. The number of rotatable bonds is 5. The van der Waals surface area contributed by atoms with E-state index in [1.165, 1.54) is 11.0 Å². The van der Waals surface area contributed by atoms with E-state index in [-0.39, 0.29) is 30.6 Å². The average Bonchev–Trinajstić information content (AvgIpc) is 2.64. The van der Waals surface area contributed by atoms with Crippen LogP contribution in [0.25, 0.3) is 0 Å². The van der Waals surface area contributed by atoms with Crippen LogP contribution in [0.4, 0.5) is 26.3 Å². The van der Waals surface area contributed by atoms with Gasteiger partial charge in [0, 0.05) is 49.9 Å². The van der Waals surface area contributed by atoms with Crippen LogP contribution in [0.2, 0.25) is 5.02 Å². The number of nitrogens with zero attached hydrogens (tertiary/aromatic N) is 2. The molecule has 2 aliphatic heterocycles. The van der Waals surface area contributed by atoms with Crippen molar-refractivity contribution in [1.29, 1.82) is 0 Å². The number of nitrogens with one attached hydrogen (secondary N) is 1. The SMILES string of the molecule is O=C(OC(C(F)(F)F)C(F)(F)F)C1CNCCN1Cc1ccc(C(=O)N2CCC2)cc1Cl. The molecule has 6 nitrogen and oxygen atoms in total. The van der Waals surface area contributed by atoms with Crippen molar-refractivity contribution < 1.29 is 40.7 Å². The molecule has 1 aromatic carbocycles. The van der Waals surface area contributed by atoms with Crippen LogP contribution in [0, 0.1) is 0 Å². The fourth-order valence-corrected chi connectivity index (χ4v) is 3.65. The number of amides is 1. The third-order valence-corrected chi connectivity index (χ3v) is 5.62. The van der Waals surface area contributed by atoms with Crippen molar-refractivity contribution in [3.05, 3.63) is 34.3 Å². The first-order valence-electron chi connectivity index (χ1n) is 9.74. The molecule has 1 amide bonds. The number of piperazine rings is 1. The molecule has 0 aliphatic carbocycles. The van der Waals surface area contributed by atoms with E-state index in [1.807, 2.05) is 0 Å². The minimum absolute atomic E-state index is 0.0266. The maximum absolute atomic E-state index is 12.8. The Morgan fingerprint density at radius 1 is 1.12 bits per heavy atom. The summed E-state index contributed by atoms with van der Waals surface area (Å²) in [6.07, 6.45) is -14.9. The smallest absolute Gasteiger partial charge is 0.434 e. The monoisotopic (exact) mass is 487 g/mol. The third kappa shape index (κ3) is 5.65. The lowest BCUT2D eigenvalue weighted by Crippen LogP contribution is -2.57. The fourth-order valence-electron chi connectivity index (χ4n) is 3.41. The molecule has 2 fully saturated rings. The highest BCUT2D eigenvalue weighted by atomic mass is 35.5. The van der Waals surface area contributed by atoms with Crippen LogP contribution in [0.1, 0.15) is 22.3 Å². The van der Waals surface area contributed by atoms with Crippen molar-refractivity contribution in [2.75, 3.05) is 32.7 Å². The Balaban J connectivity index is 1.72. The standard InChI is InChI=1S/C19H20ClF6N3O3/c20-13-8-11(15(30)28-5-1-6-28)2-3-12(13)10-29-7-4-27-9-14(29)16(31)32-17(18(21,22)23)19(24,25)26/h2-3,8,14,17,27H,1,4-7,9-10H2. The van der Waals surface area contributed by atoms with Crippen LogP contribution in [0.15, 0.2) is 18.2 Å². The topological polar surface area (TPSA) is 61.9 Å². The summed E-state index contributed by atoms with van der Waals surface area (Å²) >= 11 is 6.26. The summed E-state index contributed by atoms with van der Waals surface area (Å²) < 4.78 is 80.4. The molecule has 1 aromatic rings. The molecule has 0 saturated carbocycles. The van der Waals surface area contributed by atoms with Gasteiger partial charge in [-0.05, 0) is 24.1 Å². The summed E-state index contributed by atoms with van der Waals surface area (Å²) in [6.45, 7) is 1.60. The van der Waals surface area contributed by atoms with Crippen molar-refractivity contribution in [3.8, 4) is 0 Å². The molecule has 32 heavy (non-hydrogen) atoms. The minimum atomic E-state index is -5.79. The molecular weight excluding hydrogens is 468 g/mol. The van der Waals surface area contributed by atoms with Gasteiger partial charge in [0.2, 0.25) is 0 Å². The van der Waals surface area contributed by atoms with E-state index in [0.29, 0.717) is 30.8 Å². The summed E-state index contributed by atoms with van der Waals surface area (Å²) in [6, 6.07) is 3.17. The second kappa shape index (κ2) is 9.44. The van der Waals surface area contributed by atoms with Crippen molar-refractivity contribution in [2.45, 2.75) is 37.5 Å². The molecule has 0 radical (unpaired) electrons. The van der Waals surface area contributed by atoms with E-state index in [9.17, 15) is 35.9 Å². The number of likely N-dealkylation sites (tertiary alicyclic amines) is 1. The van der Waals surface area contributed by atoms with Gasteiger partial charge in [-0.3, -0.25) is 14.5 Å². The molecule has 0 spiro atoms. The van der Waals surface area contributed by atoms with Crippen LogP contribution in [-0.4, -0.2) is 78.9 Å². The number of carbonyl (C=O) groups excluding carboxylic acids is 2. The van der Waals surface area contributed by atoms with Gasteiger partial charge in [0.25, 0.3) is 12.0 Å². The summed E-state index contributed by atoms with van der Waals surface area (Å²) in [5.74, 6) is -1.82. The number of alkyl halides is 6. The molecule has 1 atom stereocenters. The molecule has 1 unspecified atom stereocenters. The van der Waals surface area contributed by atoms with Gasteiger partial charge in [0.05, 0.1) is 0 Å². The first kappa shape index (κ1) is 24.6. The fraction of sp³-hybridized carbons (Fsp3) is 0.579. The highest BCUT2D eigenvalue weighted by Crippen LogP contribution is 2.36. The third-order valence-electron chi connectivity index (χ3n) is 5.27. The lowest BCUT2D eigenvalue weighted by Gasteiger charge is -2.36. The highest BCUT2D eigenvalue weighted by Gasteiger charge is 2.60. The van der Waals surface area contributed by atoms with Gasteiger partial charge < -0.3 is 15.0 Å². The van der Waals surface area contributed by atoms with E-state index >= 15 is 0 Å². The molecule has 2 aliphatic rings. The first-order valence-corrected chi connectivity index (χ1v) is 10.1. The van der Waals surface area contributed by atoms with E-state index < -0.39 is 30.5 Å². The summed E-state index contributed by atoms with van der Waals surface area (Å²) in [4.78, 5) is 27.6. The highest BCUT2D eigenvalue weighted by molar-refractivity contribution is 6.31. The van der Waals surface area contributed by atoms with Crippen LogP contribution in [0.5, 0.6) is 0 Å². The summed E-state index contributed by atoms with van der Waals surface area (Å²) in [7, 11) is 0. The Hall–Kier alpha value is -2.05. The maximum atomic E-state index is 12.8. The Morgan fingerprint density at radius 2 is 1.78 bits per heavy atom. The van der Waals surface area contributed by atoms with Crippen molar-refractivity contribution >= 4 is 23.5 Å². The zero-order valence-electron chi connectivity index (χ0n) is 16.6. The lowest BCUT2D eigenvalue weighted by atomic mass is 10.1. The molecule has 0 aromatic heterocycles. The maximum Gasteiger partial charge on any atom is 0.434 e. The quantitative estimate of drug-likeness (QED) is 0.511. The van der Waals surface area contributed by atoms with Crippen molar-refractivity contribution in [3.63, 3.8) is 0 Å². The van der Waals surface area contributed by atoms with Gasteiger partial charge in [-0.2, -0.15) is 26.3 Å². The minimum Gasteiger partial charge on any atom is -0.442 e. The van der Waals surface area contributed by atoms with Gasteiger partial charge in [0.15, 0.2) is 0 Å². The van der Waals surface area contributed by atoms with Crippen molar-refractivity contribution in [1.82, 2.24) is 15.1 Å². The van der Waals surface area contributed by atoms with Gasteiger partial charge in [0.1, 0.15) is 6.04 Å². The van der Waals surface area contributed by atoms with E-state index in [0.717, 1.165) is 6.42 Å². The summed E-state index contributed by atoms with van der Waals surface area (Å²) in [5.41, 5.74) is 0.836. The van der Waals surface area contributed by atoms with Gasteiger partial charge in [-0.15, -0.1) is 0 Å². The molecule has 2 saturated heterocycles. The Morgan fingerprint density at radius 3 is 2.31 bits per heavy atom. The largest absolute Gasteiger partial charge is 0.442 e. The van der Waals surface area contributed by atoms with Crippen molar-refractivity contribution in [2.24, 2.45) is 0 Å². The Bertz CT molecular complexity index is 846. The molecule has 2 heterocycles. The van der Waals surface area contributed by atoms with E-state index in [2.05, 4.69) is 10.1 Å². The van der Waals surface area contributed by atoms with Gasteiger partial charge in [-0.25, -0.2) is 0 Å². The normalized spacial score (nSPS) is 20.2. The predicted molar refractivity (Wildman–Crippen MR) is 101 cm³/mol. The molecule has 1 N–H and O–H groups in total. The average molecular weight is 488 g/mol. The van der Waals surface area contributed by atoms with Crippen LogP contribution in [-0.2, 0) is 16.1 Å². The molecular formula is C19H20ClF6N3O3. The number of hydrogen-bond acceptors (Lipinski definition) is 5. The van der Waals surface area contributed by atoms with Crippen LogP contribution < -0.4 is 5.32 Å². The predicted octanol–water partition coefficient (Wildman–Crippen LogP) is 3.00. The van der Waals surface area contributed by atoms with Gasteiger partial charge >= 0.3 is 18.3 Å². The lowest BCUT2D eigenvalue weighted by molar-refractivity contribution is -0.314. The molecule has 13 heteroatoms. The number of carbonyl (C=O) groups is 2. The Kier molecular flexibility index (Phi) is 7.25. The van der Waals surface area contributed by atoms with E-state index in [1.54, 1.807) is 17.0 Å². The number of esters is 1. The number of halogens is 7. The second-order valence-electron chi connectivity index (χ2n) is 7.54.